The Morgan fingerprint density at radius 3 is 2.69 bits per heavy atom. The van der Waals surface area contributed by atoms with Crippen molar-refractivity contribution in [3.8, 4) is 5.75 Å². The van der Waals surface area contributed by atoms with Crippen LogP contribution in [0.25, 0.3) is 0 Å². The van der Waals surface area contributed by atoms with E-state index in [0.717, 1.165) is 17.2 Å². The van der Waals surface area contributed by atoms with Crippen molar-refractivity contribution in [2.75, 3.05) is 25.0 Å². The molecule has 1 aliphatic heterocycles. The van der Waals surface area contributed by atoms with Crippen LogP contribution in [-0.2, 0) is 33.8 Å². The van der Waals surface area contributed by atoms with Gasteiger partial charge in [0.25, 0.3) is 10.0 Å². The van der Waals surface area contributed by atoms with Crippen LogP contribution in [0.15, 0.2) is 59.9 Å². The highest BCUT2D eigenvalue weighted by Crippen LogP contribution is 2.39. The number of rotatable bonds is 9. The molecule has 0 aliphatic carbocycles. The smallest absolute Gasteiger partial charge is 0.416 e. The van der Waals surface area contributed by atoms with Crippen molar-refractivity contribution in [2.45, 2.75) is 42.7 Å². The molecule has 1 aromatic heterocycles. The van der Waals surface area contributed by atoms with Crippen LogP contribution in [0.4, 0.5) is 19.0 Å². The molecular formula is C25H26F3N3O4S. The number of hydrogen-bond acceptors (Lipinski definition) is 6. The zero-order valence-electron chi connectivity index (χ0n) is 19.6. The van der Waals surface area contributed by atoms with Crippen molar-refractivity contribution in [1.82, 2.24) is 9.97 Å². The Morgan fingerprint density at radius 1 is 1.14 bits per heavy atom. The molecule has 0 saturated carbocycles. The first kappa shape index (κ1) is 25.9. The van der Waals surface area contributed by atoms with Gasteiger partial charge in [0.05, 0.1) is 17.1 Å². The molecule has 192 valence electrons. The van der Waals surface area contributed by atoms with Crippen molar-refractivity contribution < 1.29 is 31.1 Å². The van der Waals surface area contributed by atoms with E-state index in [2.05, 4.69) is 14.7 Å². The summed E-state index contributed by atoms with van der Waals surface area (Å²) in [6.07, 6.45) is 0.505. The van der Waals surface area contributed by atoms with E-state index < -0.39 is 21.8 Å². The predicted molar refractivity (Wildman–Crippen MR) is 127 cm³/mol. The SMILES string of the molecule is COCCCc1cc(C(F)(F)F)ccc1CC1CCOc2cc(S(=O)(=O)Nc3ccncn3)ccc21. The predicted octanol–water partition coefficient (Wildman–Crippen LogP) is 4.98. The maximum Gasteiger partial charge on any atom is 0.416 e. The molecule has 36 heavy (non-hydrogen) atoms. The first-order valence-corrected chi connectivity index (χ1v) is 12.9. The Labute approximate surface area is 207 Å². The van der Waals surface area contributed by atoms with Gasteiger partial charge in [-0.15, -0.1) is 0 Å². The van der Waals surface area contributed by atoms with E-state index in [4.69, 9.17) is 9.47 Å². The number of hydrogen-bond donors (Lipinski definition) is 1. The average Bonchev–Trinajstić information content (AvgIpc) is 2.84. The molecule has 0 saturated heterocycles. The zero-order valence-corrected chi connectivity index (χ0v) is 20.4. The van der Waals surface area contributed by atoms with Gasteiger partial charge in [0.15, 0.2) is 0 Å². The monoisotopic (exact) mass is 521 g/mol. The molecule has 1 atom stereocenters. The minimum atomic E-state index is -4.42. The van der Waals surface area contributed by atoms with Crippen LogP contribution in [0.1, 0.15) is 41.0 Å². The Bertz CT molecular complexity index is 1300. The third kappa shape index (κ3) is 6.14. The Kier molecular flexibility index (Phi) is 7.79. The molecule has 0 radical (unpaired) electrons. The molecule has 3 aromatic rings. The maximum atomic E-state index is 13.3. The summed E-state index contributed by atoms with van der Waals surface area (Å²) in [6, 6.07) is 10.0. The van der Waals surface area contributed by atoms with E-state index in [1.807, 2.05) is 0 Å². The van der Waals surface area contributed by atoms with Crippen molar-refractivity contribution in [3.63, 3.8) is 0 Å². The van der Waals surface area contributed by atoms with Gasteiger partial charge in [-0.05, 0) is 72.6 Å². The normalized spacial score (nSPS) is 15.7. The van der Waals surface area contributed by atoms with Crippen LogP contribution in [0.3, 0.4) is 0 Å². The summed E-state index contributed by atoms with van der Waals surface area (Å²) >= 11 is 0. The first-order chi connectivity index (χ1) is 17.2. The summed E-state index contributed by atoms with van der Waals surface area (Å²) in [5.74, 6) is 0.563. The fraction of sp³-hybridized carbons (Fsp3) is 0.360. The summed E-state index contributed by atoms with van der Waals surface area (Å²) in [6.45, 7) is 0.830. The number of halogens is 3. The lowest BCUT2D eigenvalue weighted by Gasteiger charge is -2.27. The van der Waals surface area contributed by atoms with E-state index in [0.29, 0.717) is 50.2 Å². The molecule has 4 rings (SSSR count). The van der Waals surface area contributed by atoms with Gasteiger partial charge in [-0.25, -0.2) is 18.4 Å². The highest BCUT2D eigenvalue weighted by Gasteiger charge is 2.31. The van der Waals surface area contributed by atoms with Gasteiger partial charge in [-0.2, -0.15) is 13.2 Å². The fourth-order valence-electron chi connectivity index (χ4n) is 4.28. The second-order valence-corrected chi connectivity index (χ2v) is 10.2. The van der Waals surface area contributed by atoms with Crippen LogP contribution >= 0.6 is 0 Å². The van der Waals surface area contributed by atoms with Gasteiger partial charge in [-0.3, -0.25) is 4.72 Å². The summed E-state index contributed by atoms with van der Waals surface area (Å²) in [4.78, 5) is 7.67. The second-order valence-electron chi connectivity index (χ2n) is 8.52. The van der Waals surface area contributed by atoms with Gasteiger partial charge in [0.1, 0.15) is 17.9 Å². The molecule has 1 unspecified atom stereocenters. The molecule has 0 amide bonds. The van der Waals surface area contributed by atoms with Crippen LogP contribution < -0.4 is 9.46 Å². The largest absolute Gasteiger partial charge is 0.493 e. The molecule has 0 fully saturated rings. The van der Waals surface area contributed by atoms with Crippen molar-refractivity contribution in [1.29, 1.82) is 0 Å². The summed E-state index contributed by atoms with van der Waals surface area (Å²) in [5.41, 5.74) is 1.63. The maximum absolute atomic E-state index is 13.3. The summed E-state index contributed by atoms with van der Waals surface area (Å²) in [5, 5.41) is 0. The van der Waals surface area contributed by atoms with Gasteiger partial charge in [0, 0.05) is 26.0 Å². The number of fused-ring (bicyclic) bond motifs is 1. The molecule has 11 heteroatoms. The lowest BCUT2D eigenvalue weighted by atomic mass is 9.85. The van der Waals surface area contributed by atoms with Crippen molar-refractivity contribution in [2.24, 2.45) is 0 Å². The van der Waals surface area contributed by atoms with E-state index in [1.165, 1.54) is 36.8 Å². The number of nitrogens with zero attached hydrogens (tertiary/aromatic N) is 2. The van der Waals surface area contributed by atoms with Crippen LogP contribution in [0.2, 0.25) is 0 Å². The molecule has 2 aromatic carbocycles. The number of methoxy groups -OCH3 is 1. The molecule has 0 bridgehead atoms. The van der Waals surface area contributed by atoms with Crippen molar-refractivity contribution >= 4 is 15.8 Å². The number of alkyl halides is 3. The van der Waals surface area contributed by atoms with E-state index >= 15 is 0 Å². The minimum Gasteiger partial charge on any atom is -0.493 e. The van der Waals surface area contributed by atoms with Gasteiger partial charge in [0.2, 0.25) is 0 Å². The Morgan fingerprint density at radius 2 is 1.97 bits per heavy atom. The molecular weight excluding hydrogens is 495 g/mol. The minimum absolute atomic E-state index is 0.0234. The number of nitrogens with one attached hydrogen (secondary N) is 1. The number of anilines is 1. The lowest BCUT2D eigenvalue weighted by Crippen LogP contribution is -2.19. The number of sulfonamides is 1. The number of aromatic nitrogens is 2. The van der Waals surface area contributed by atoms with Crippen LogP contribution in [0.5, 0.6) is 5.75 Å². The number of benzene rings is 2. The quantitative estimate of drug-likeness (QED) is 0.400. The molecule has 0 spiro atoms. The molecule has 2 heterocycles. The van der Waals surface area contributed by atoms with Gasteiger partial charge >= 0.3 is 6.18 Å². The Balaban J connectivity index is 1.59. The molecule has 1 aliphatic rings. The van der Waals surface area contributed by atoms with Gasteiger partial charge < -0.3 is 9.47 Å². The van der Waals surface area contributed by atoms with Crippen LogP contribution in [0, 0.1) is 0 Å². The van der Waals surface area contributed by atoms with E-state index in [-0.39, 0.29) is 16.6 Å². The highest BCUT2D eigenvalue weighted by molar-refractivity contribution is 7.92. The van der Waals surface area contributed by atoms with Crippen molar-refractivity contribution in [3.05, 3.63) is 77.2 Å². The lowest BCUT2D eigenvalue weighted by molar-refractivity contribution is -0.137. The summed E-state index contributed by atoms with van der Waals surface area (Å²) < 4.78 is 78.8. The topological polar surface area (TPSA) is 90.4 Å². The van der Waals surface area contributed by atoms with Crippen LogP contribution in [-0.4, -0.2) is 38.7 Å². The van der Waals surface area contributed by atoms with Gasteiger partial charge in [-0.1, -0.05) is 12.1 Å². The fourth-order valence-corrected chi connectivity index (χ4v) is 5.30. The van der Waals surface area contributed by atoms with E-state index in [1.54, 1.807) is 19.2 Å². The number of ether oxygens (including phenoxy) is 2. The first-order valence-electron chi connectivity index (χ1n) is 11.4. The average molecular weight is 522 g/mol. The zero-order chi connectivity index (χ0) is 25.8. The number of aryl methyl sites for hydroxylation is 1. The molecule has 7 nitrogen and oxygen atoms in total. The Hall–Kier alpha value is -3.18. The summed E-state index contributed by atoms with van der Waals surface area (Å²) in [7, 11) is -2.34. The molecule has 1 N–H and O–H groups in total. The standard InChI is InChI=1S/C25H26F3N3O4S/c1-34-11-2-3-17-14-20(25(26,27)28)5-4-18(17)13-19-9-12-35-23-15-21(6-7-22(19)23)36(32,33)31-24-8-10-29-16-30-24/h4-8,10,14-16,19H,2-3,9,11-13H2,1H3,(H,29,30,31). The van der Waals surface area contributed by atoms with E-state index in [9.17, 15) is 21.6 Å². The third-order valence-corrected chi connectivity index (χ3v) is 7.43. The third-order valence-electron chi connectivity index (χ3n) is 6.07. The highest BCUT2D eigenvalue weighted by atomic mass is 32.2. The second kappa shape index (κ2) is 10.8.